The van der Waals surface area contributed by atoms with Crippen LogP contribution in [0.15, 0.2) is 35.7 Å². The van der Waals surface area contributed by atoms with Gasteiger partial charge in [-0.2, -0.15) is 13.2 Å². The van der Waals surface area contributed by atoms with Crippen molar-refractivity contribution in [1.29, 1.82) is 0 Å². The fourth-order valence-corrected chi connectivity index (χ4v) is 2.75. The molecule has 1 N–H and O–H groups in total. The van der Waals surface area contributed by atoms with E-state index in [0.29, 0.717) is 5.69 Å². The molecule has 2 rings (SSSR count). The molecule has 0 fully saturated rings. The summed E-state index contributed by atoms with van der Waals surface area (Å²) in [7, 11) is 3.69. The fraction of sp³-hybridized carbons (Fsp3) is 0.375. The van der Waals surface area contributed by atoms with E-state index in [1.165, 1.54) is 35.6 Å². The van der Waals surface area contributed by atoms with Gasteiger partial charge in [0.2, 0.25) is 5.91 Å². The molecule has 1 unspecified atom stereocenters. The lowest BCUT2D eigenvalue weighted by Crippen LogP contribution is -2.31. The molecule has 0 saturated heterocycles. The molecule has 0 spiro atoms. The summed E-state index contributed by atoms with van der Waals surface area (Å²) in [5.74, 6) is -0.635. The van der Waals surface area contributed by atoms with Crippen molar-refractivity contribution in [3.63, 3.8) is 0 Å². The molecule has 2 aromatic rings. The van der Waals surface area contributed by atoms with Gasteiger partial charge < -0.3 is 15.0 Å². The lowest BCUT2D eigenvalue weighted by molar-refractivity contribution is -0.223. The number of carbonyl (C=O) groups is 1. The average Bonchev–Trinajstić information content (AvgIpc) is 3.02. The first kappa shape index (κ1) is 19.2. The molecule has 0 bridgehead atoms. The summed E-state index contributed by atoms with van der Waals surface area (Å²) < 4.78 is 44.2. The minimum Gasteiger partial charge on any atom is -0.354 e. The van der Waals surface area contributed by atoms with E-state index >= 15 is 0 Å². The van der Waals surface area contributed by atoms with Crippen LogP contribution >= 0.6 is 11.3 Å². The first-order valence-corrected chi connectivity index (χ1v) is 8.27. The Labute approximate surface area is 147 Å². The molecule has 0 saturated carbocycles. The number of amides is 1. The van der Waals surface area contributed by atoms with Crippen molar-refractivity contribution in [2.75, 3.05) is 25.6 Å². The van der Waals surface area contributed by atoms with Crippen molar-refractivity contribution < 1.29 is 22.7 Å². The van der Waals surface area contributed by atoms with E-state index in [0.717, 1.165) is 5.13 Å². The third kappa shape index (κ3) is 5.71. The molecular weight excluding hydrogens is 355 g/mol. The fourth-order valence-electron chi connectivity index (χ4n) is 1.99. The summed E-state index contributed by atoms with van der Waals surface area (Å²) >= 11 is 1.41. The largest absolute Gasteiger partial charge is 0.418 e. The Balaban J connectivity index is 1.88. The number of carbonyl (C=O) groups excluding carboxylic acids is 1. The number of anilines is 1. The molecule has 9 heteroatoms. The van der Waals surface area contributed by atoms with Crippen LogP contribution in [0.4, 0.5) is 18.3 Å². The second-order valence-corrected chi connectivity index (χ2v) is 6.27. The summed E-state index contributed by atoms with van der Waals surface area (Å²) in [5, 5.41) is 5.06. The van der Waals surface area contributed by atoms with Gasteiger partial charge in [-0.15, -0.1) is 11.3 Å². The van der Waals surface area contributed by atoms with Crippen molar-refractivity contribution in [1.82, 2.24) is 10.3 Å². The highest BCUT2D eigenvalue weighted by atomic mass is 32.1. The Bertz CT molecular complexity index is 689. The SMILES string of the molecule is CN(C)c1nc(CNC(=O)COC(c2ccccc2)C(F)(F)F)cs1. The number of benzene rings is 1. The highest BCUT2D eigenvalue weighted by Gasteiger charge is 2.42. The maximum Gasteiger partial charge on any atom is 0.418 e. The molecule has 0 aliphatic carbocycles. The van der Waals surface area contributed by atoms with Gasteiger partial charge in [0.25, 0.3) is 0 Å². The maximum atomic E-state index is 13.1. The van der Waals surface area contributed by atoms with Gasteiger partial charge in [0.1, 0.15) is 6.61 Å². The van der Waals surface area contributed by atoms with Crippen molar-refractivity contribution in [3.8, 4) is 0 Å². The average molecular weight is 373 g/mol. The van der Waals surface area contributed by atoms with Gasteiger partial charge in [-0.05, 0) is 5.56 Å². The topological polar surface area (TPSA) is 54.5 Å². The molecule has 1 amide bonds. The first-order chi connectivity index (χ1) is 11.8. The van der Waals surface area contributed by atoms with Crippen molar-refractivity contribution in [2.24, 2.45) is 0 Å². The molecule has 0 aliphatic rings. The molecule has 5 nitrogen and oxygen atoms in total. The zero-order chi connectivity index (χ0) is 18.4. The molecule has 0 radical (unpaired) electrons. The minimum absolute atomic E-state index is 0.0436. The molecule has 1 aromatic carbocycles. The van der Waals surface area contributed by atoms with Crippen molar-refractivity contribution in [2.45, 2.75) is 18.8 Å². The molecule has 1 atom stereocenters. The predicted molar refractivity (Wildman–Crippen MR) is 89.5 cm³/mol. The van der Waals surface area contributed by atoms with Gasteiger partial charge in [-0.3, -0.25) is 4.79 Å². The van der Waals surface area contributed by atoms with E-state index in [4.69, 9.17) is 4.74 Å². The van der Waals surface area contributed by atoms with Crippen LogP contribution in [0.3, 0.4) is 0 Å². The number of hydrogen-bond acceptors (Lipinski definition) is 5. The number of nitrogens with zero attached hydrogens (tertiary/aromatic N) is 2. The molecule has 1 aromatic heterocycles. The second-order valence-electron chi connectivity index (χ2n) is 5.44. The molecule has 1 heterocycles. The van der Waals surface area contributed by atoms with E-state index in [2.05, 4.69) is 10.3 Å². The first-order valence-electron chi connectivity index (χ1n) is 7.39. The summed E-state index contributed by atoms with van der Waals surface area (Å²) in [4.78, 5) is 17.9. The standard InChI is InChI=1S/C16H18F3N3O2S/c1-22(2)15-21-12(10-25-15)8-20-13(23)9-24-14(16(17,18)19)11-6-4-3-5-7-11/h3-7,10,14H,8-9H2,1-2H3,(H,20,23). The summed E-state index contributed by atoms with van der Waals surface area (Å²) in [6.07, 6.45) is -6.74. The zero-order valence-corrected chi connectivity index (χ0v) is 14.5. The lowest BCUT2D eigenvalue weighted by Gasteiger charge is -2.20. The van der Waals surface area contributed by atoms with Gasteiger partial charge in [0, 0.05) is 19.5 Å². The van der Waals surface area contributed by atoms with Crippen LogP contribution in [0.5, 0.6) is 0 Å². The van der Waals surface area contributed by atoms with Gasteiger partial charge in [0.05, 0.1) is 12.2 Å². The number of hydrogen-bond donors (Lipinski definition) is 1. The monoisotopic (exact) mass is 373 g/mol. The Morgan fingerprint density at radius 1 is 1.32 bits per heavy atom. The summed E-state index contributed by atoms with van der Waals surface area (Å²) in [6.45, 7) is -0.557. The van der Waals surface area contributed by atoms with E-state index in [-0.39, 0.29) is 12.1 Å². The third-order valence-corrected chi connectivity index (χ3v) is 4.23. The smallest absolute Gasteiger partial charge is 0.354 e. The highest BCUT2D eigenvalue weighted by molar-refractivity contribution is 7.13. The van der Waals surface area contributed by atoms with Crippen molar-refractivity contribution in [3.05, 3.63) is 47.0 Å². The quantitative estimate of drug-likeness (QED) is 0.810. The predicted octanol–water partition coefficient (Wildman–Crippen LogP) is 3.15. The van der Waals surface area contributed by atoms with E-state index in [1.54, 1.807) is 11.4 Å². The number of halogens is 3. The van der Waals surface area contributed by atoms with E-state index < -0.39 is 24.8 Å². The Hall–Kier alpha value is -2.13. The third-order valence-electron chi connectivity index (χ3n) is 3.17. The number of alkyl halides is 3. The van der Waals surface area contributed by atoms with Crippen LogP contribution in [0.25, 0.3) is 0 Å². The van der Waals surface area contributed by atoms with Gasteiger partial charge in [-0.1, -0.05) is 30.3 Å². The van der Waals surface area contributed by atoms with Crippen LogP contribution in [0.2, 0.25) is 0 Å². The number of rotatable bonds is 7. The minimum atomic E-state index is -4.60. The zero-order valence-electron chi connectivity index (χ0n) is 13.7. The highest BCUT2D eigenvalue weighted by Crippen LogP contribution is 2.35. The number of thiazole rings is 1. The number of aromatic nitrogens is 1. The summed E-state index contributed by atoms with van der Waals surface area (Å²) in [5.41, 5.74) is 0.593. The van der Waals surface area contributed by atoms with Crippen molar-refractivity contribution >= 4 is 22.4 Å². The maximum absolute atomic E-state index is 13.1. The van der Waals surface area contributed by atoms with Gasteiger partial charge in [-0.25, -0.2) is 4.98 Å². The van der Waals surface area contributed by atoms with Crippen LogP contribution in [-0.2, 0) is 16.1 Å². The Morgan fingerprint density at radius 3 is 2.56 bits per heavy atom. The van der Waals surface area contributed by atoms with Gasteiger partial charge in [0.15, 0.2) is 11.2 Å². The second kappa shape index (κ2) is 8.30. The molecular formula is C16H18F3N3O2S. The van der Waals surface area contributed by atoms with Crippen LogP contribution in [0, 0.1) is 0 Å². The van der Waals surface area contributed by atoms with Crippen LogP contribution in [0.1, 0.15) is 17.4 Å². The molecule has 136 valence electrons. The van der Waals surface area contributed by atoms with E-state index in [1.807, 2.05) is 19.0 Å². The molecule has 25 heavy (non-hydrogen) atoms. The van der Waals surface area contributed by atoms with Crippen LogP contribution < -0.4 is 10.2 Å². The summed E-state index contributed by atoms with van der Waals surface area (Å²) in [6, 6.07) is 7.21. The molecule has 0 aliphatic heterocycles. The lowest BCUT2D eigenvalue weighted by atomic mass is 10.1. The van der Waals surface area contributed by atoms with Gasteiger partial charge >= 0.3 is 6.18 Å². The normalized spacial score (nSPS) is 12.7. The van der Waals surface area contributed by atoms with Crippen LogP contribution in [-0.4, -0.2) is 37.8 Å². The Morgan fingerprint density at radius 2 is 2.00 bits per heavy atom. The van der Waals surface area contributed by atoms with E-state index in [9.17, 15) is 18.0 Å². The number of nitrogens with one attached hydrogen (secondary N) is 1. The Kier molecular flexibility index (Phi) is 6.38. The number of ether oxygens (including phenoxy) is 1.